The summed E-state index contributed by atoms with van der Waals surface area (Å²) >= 11 is 0. The standard InChI is InChI=1S/C22H14O9.Al.3H/c23-16-4-1-10(7-13(16)20(26)27)19(11-2-5-17(24)14(8-11)21(28)29)12-3-6-18(25)15(9-12)22(30)31;;;;/h1-9,23-24H,(H,26,27)(H,28,29)(H,30,31);;;;. The molecule has 0 aromatic heterocycles. The second-order valence-corrected chi connectivity index (χ2v) is 6.47. The van der Waals surface area contributed by atoms with Gasteiger partial charge in [-0.3, -0.25) is 4.79 Å². The largest absolute Gasteiger partial charge is 0.507 e. The Morgan fingerprint density at radius 2 is 1.16 bits per heavy atom. The van der Waals surface area contributed by atoms with E-state index in [1.165, 1.54) is 18.2 Å². The number of aliphatic carboxylic acids is 1. The van der Waals surface area contributed by atoms with Crippen LogP contribution in [0.4, 0.5) is 0 Å². The van der Waals surface area contributed by atoms with Crippen molar-refractivity contribution < 1.29 is 44.7 Å². The first-order chi connectivity index (χ1) is 14.6. The van der Waals surface area contributed by atoms with Gasteiger partial charge in [-0.25, -0.2) is 14.4 Å². The normalized spacial score (nSPS) is 12.6. The summed E-state index contributed by atoms with van der Waals surface area (Å²) in [5.74, 6) is -6.07. The van der Waals surface area contributed by atoms with Crippen molar-refractivity contribution >= 4 is 46.6 Å². The maximum Gasteiger partial charge on any atom is 0.339 e. The Hall–Kier alpha value is -4.13. The van der Waals surface area contributed by atoms with Gasteiger partial charge in [-0.1, -0.05) is 18.2 Å². The predicted molar refractivity (Wildman–Crippen MR) is 116 cm³/mol. The number of allylic oxidation sites excluding steroid dienone is 4. The van der Waals surface area contributed by atoms with Gasteiger partial charge in [0.2, 0.25) is 0 Å². The molecule has 0 saturated carbocycles. The summed E-state index contributed by atoms with van der Waals surface area (Å²) in [7, 11) is 0. The first kappa shape index (κ1) is 24.1. The van der Waals surface area contributed by atoms with E-state index in [1.807, 2.05) is 0 Å². The highest BCUT2D eigenvalue weighted by Gasteiger charge is 2.23. The number of carboxylic acid groups (broad SMARTS) is 3. The summed E-state index contributed by atoms with van der Waals surface area (Å²) in [6.07, 6.45) is 3.42. The maximum atomic E-state index is 11.9. The molecule has 0 bridgehead atoms. The predicted octanol–water partition coefficient (Wildman–Crippen LogP) is 1.26. The lowest BCUT2D eigenvalue weighted by Gasteiger charge is -2.16. The van der Waals surface area contributed by atoms with Crippen molar-refractivity contribution in [3.63, 3.8) is 0 Å². The minimum Gasteiger partial charge on any atom is -0.507 e. The third-order valence-electron chi connectivity index (χ3n) is 4.53. The van der Waals surface area contributed by atoms with Crippen LogP contribution in [0.1, 0.15) is 31.8 Å². The monoisotopic (exact) mass is 452 g/mol. The Bertz CT molecular complexity index is 1190. The summed E-state index contributed by atoms with van der Waals surface area (Å²) in [6.45, 7) is 0. The van der Waals surface area contributed by atoms with Gasteiger partial charge < -0.3 is 25.5 Å². The van der Waals surface area contributed by atoms with Crippen LogP contribution in [0, 0.1) is 0 Å². The number of hydrogen-bond acceptors (Lipinski definition) is 6. The number of aromatic carboxylic acids is 2. The molecule has 2 aromatic carbocycles. The molecule has 0 saturated heterocycles. The van der Waals surface area contributed by atoms with Gasteiger partial charge in [0.15, 0.2) is 23.1 Å². The fraction of sp³-hybridized carbons (Fsp3) is 0. The lowest BCUT2D eigenvalue weighted by atomic mass is 9.87. The topological polar surface area (TPSA) is 169 Å². The molecular formula is C22H17AlO9. The maximum absolute atomic E-state index is 11.9. The highest BCUT2D eigenvalue weighted by atomic mass is 27.0. The zero-order valence-electron chi connectivity index (χ0n) is 15.6. The van der Waals surface area contributed by atoms with Crippen LogP contribution in [-0.2, 0) is 9.59 Å². The summed E-state index contributed by atoms with van der Waals surface area (Å²) in [5.41, 5.74) is -0.644. The molecule has 0 heterocycles. The Labute approximate surface area is 191 Å². The van der Waals surface area contributed by atoms with Gasteiger partial charge in [-0.2, -0.15) is 0 Å². The van der Waals surface area contributed by atoms with Crippen molar-refractivity contribution in [3.8, 4) is 11.5 Å². The van der Waals surface area contributed by atoms with Crippen LogP contribution >= 0.6 is 0 Å². The first-order valence-corrected chi connectivity index (χ1v) is 8.65. The molecule has 162 valence electrons. The zero-order valence-corrected chi connectivity index (χ0v) is 15.6. The molecule has 0 atom stereocenters. The number of phenols is 2. The lowest BCUT2D eigenvalue weighted by Crippen LogP contribution is -2.13. The average molecular weight is 452 g/mol. The highest BCUT2D eigenvalue weighted by molar-refractivity contribution is 6.23. The quantitative estimate of drug-likeness (QED) is 0.331. The third-order valence-corrected chi connectivity index (χ3v) is 4.53. The molecule has 0 unspecified atom stereocenters. The van der Waals surface area contributed by atoms with Crippen LogP contribution in [0.15, 0.2) is 65.8 Å². The molecule has 9 nitrogen and oxygen atoms in total. The van der Waals surface area contributed by atoms with Gasteiger partial charge in [0, 0.05) is 0 Å². The van der Waals surface area contributed by atoms with Gasteiger partial charge in [-0.15, -0.1) is 0 Å². The molecule has 1 aliphatic carbocycles. The van der Waals surface area contributed by atoms with E-state index in [4.69, 9.17) is 0 Å². The Morgan fingerprint density at radius 3 is 1.56 bits per heavy atom. The molecule has 3 rings (SSSR count). The van der Waals surface area contributed by atoms with Crippen molar-refractivity contribution in [1.82, 2.24) is 0 Å². The summed E-state index contributed by atoms with van der Waals surface area (Å²) < 4.78 is 0. The van der Waals surface area contributed by atoms with Gasteiger partial charge in [0.25, 0.3) is 0 Å². The van der Waals surface area contributed by atoms with Crippen LogP contribution in [-0.4, -0.2) is 66.6 Å². The minimum absolute atomic E-state index is 0. The smallest absolute Gasteiger partial charge is 0.339 e. The van der Waals surface area contributed by atoms with E-state index < -0.39 is 51.9 Å². The molecule has 0 fully saturated rings. The van der Waals surface area contributed by atoms with Gasteiger partial charge >= 0.3 is 17.9 Å². The summed E-state index contributed by atoms with van der Waals surface area (Å²) in [4.78, 5) is 46.2. The number of carboxylic acids is 3. The molecule has 1 aliphatic rings. The lowest BCUT2D eigenvalue weighted by molar-refractivity contribution is -0.134. The number of carbonyl (C=O) groups is 4. The molecule has 5 N–H and O–H groups in total. The van der Waals surface area contributed by atoms with E-state index in [2.05, 4.69) is 0 Å². The van der Waals surface area contributed by atoms with Crippen molar-refractivity contribution in [2.45, 2.75) is 0 Å². The molecular weight excluding hydrogens is 435 g/mol. The second-order valence-electron chi connectivity index (χ2n) is 6.47. The molecule has 0 amide bonds. The molecule has 10 heteroatoms. The van der Waals surface area contributed by atoms with Gasteiger partial charge in [0.05, 0.1) is 0 Å². The zero-order chi connectivity index (χ0) is 22.9. The van der Waals surface area contributed by atoms with E-state index in [9.17, 15) is 44.7 Å². The van der Waals surface area contributed by atoms with Crippen molar-refractivity contribution in [1.29, 1.82) is 0 Å². The highest BCUT2D eigenvalue weighted by Crippen LogP contribution is 2.35. The summed E-state index contributed by atoms with van der Waals surface area (Å²) in [6, 6.07) is 7.22. The van der Waals surface area contributed by atoms with Crippen LogP contribution in [0.3, 0.4) is 0 Å². The second kappa shape index (κ2) is 9.35. The first-order valence-electron chi connectivity index (χ1n) is 8.65. The molecule has 2 aromatic rings. The molecule has 0 radical (unpaired) electrons. The average Bonchev–Trinajstić information content (AvgIpc) is 2.71. The van der Waals surface area contributed by atoms with Crippen LogP contribution in [0.25, 0.3) is 5.57 Å². The molecule has 0 spiro atoms. The van der Waals surface area contributed by atoms with E-state index in [0.29, 0.717) is 0 Å². The summed E-state index contributed by atoms with van der Waals surface area (Å²) in [5, 5.41) is 47.6. The molecule has 32 heavy (non-hydrogen) atoms. The van der Waals surface area contributed by atoms with Crippen LogP contribution in [0.5, 0.6) is 11.5 Å². The van der Waals surface area contributed by atoms with Crippen molar-refractivity contribution in [2.24, 2.45) is 0 Å². The van der Waals surface area contributed by atoms with Crippen LogP contribution in [0.2, 0.25) is 0 Å². The third kappa shape index (κ3) is 4.62. The fourth-order valence-electron chi connectivity index (χ4n) is 3.08. The fourth-order valence-corrected chi connectivity index (χ4v) is 3.08. The Morgan fingerprint density at radius 1 is 0.688 bits per heavy atom. The van der Waals surface area contributed by atoms with Gasteiger partial charge in [0.1, 0.15) is 28.2 Å². The van der Waals surface area contributed by atoms with Crippen LogP contribution < -0.4 is 0 Å². The molecule has 0 aliphatic heterocycles. The van der Waals surface area contributed by atoms with E-state index in [1.54, 1.807) is 0 Å². The van der Waals surface area contributed by atoms with E-state index in [0.717, 1.165) is 36.4 Å². The van der Waals surface area contributed by atoms with Crippen molar-refractivity contribution in [3.05, 3.63) is 88.0 Å². The Kier molecular flexibility index (Phi) is 7.05. The van der Waals surface area contributed by atoms with Crippen molar-refractivity contribution in [2.75, 3.05) is 0 Å². The van der Waals surface area contributed by atoms with Gasteiger partial charge in [-0.05, 0) is 58.7 Å². The number of hydrogen-bond donors (Lipinski definition) is 5. The minimum atomic E-state index is -1.47. The number of ketones is 1. The number of benzene rings is 2. The number of aromatic hydroxyl groups is 2. The Balaban J connectivity index is 0.00000363. The van der Waals surface area contributed by atoms with E-state index >= 15 is 0 Å². The van der Waals surface area contributed by atoms with E-state index in [-0.39, 0.29) is 39.6 Å². The SMILES string of the molecule is O=C(O)C1=CC(=C(c2ccc(O)c(C(=O)O)c2)c2ccc(O)c(C(=O)O)c2)C=CC1=O.[AlH3]. The number of rotatable bonds is 5. The number of carbonyl (C=O) groups excluding carboxylic acids is 1.